The first-order chi connectivity index (χ1) is 18.7. The van der Waals surface area contributed by atoms with Gasteiger partial charge in [-0.2, -0.15) is 0 Å². The van der Waals surface area contributed by atoms with Crippen LogP contribution in [0.3, 0.4) is 0 Å². The van der Waals surface area contributed by atoms with Gasteiger partial charge >= 0.3 is 6.09 Å². The summed E-state index contributed by atoms with van der Waals surface area (Å²) < 4.78 is 16.6. The van der Waals surface area contributed by atoms with Gasteiger partial charge in [-0.3, -0.25) is 0 Å². The Morgan fingerprint density at radius 3 is 2.50 bits per heavy atom. The van der Waals surface area contributed by atoms with Crippen molar-refractivity contribution in [1.82, 2.24) is 20.3 Å². The van der Waals surface area contributed by atoms with Crippen LogP contribution in [0, 0.1) is 5.92 Å². The number of hydrogen-bond acceptors (Lipinski definition) is 11. The van der Waals surface area contributed by atoms with E-state index >= 15 is 0 Å². The molecule has 9 nitrogen and oxygen atoms in total. The van der Waals surface area contributed by atoms with Crippen LogP contribution in [0.5, 0.6) is 0 Å². The number of nitrogens with zero attached hydrogens (tertiary/aromatic N) is 3. The number of nitrogens with one attached hydrogen (secondary N) is 1. The Labute approximate surface area is 249 Å². The Morgan fingerprint density at radius 2 is 1.82 bits per heavy atom. The molecular formula is C27H40N4O5S3Si. The van der Waals surface area contributed by atoms with Gasteiger partial charge in [-0.05, 0) is 32.7 Å². The van der Waals surface area contributed by atoms with Crippen molar-refractivity contribution in [2.75, 3.05) is 13.4 Å². The molecule has 0 fully saturated rings. The molecule has 0 aliphatic carbocycles. The number of aliphatic hydroxyl groups excluding tert-OH is 1. The fourth-order valence-corrected chi connectivity index (χ4v) is 6.63. The van der Waals surface area contributed by atoms with Gasteiger partial charge in [-0.15, -0.1) is 34.0 Å². The van der Waals surface area contributed by atoms with Gasteiger partial charge in [0.05, 0.1) is 18.3 Å². The molecule has 0 aromatic carbocycles. The SMILES string of the molecule is CC(C)[C@@H](NC(=O)OC(C)(C)C)c1nc(-c2nc(/C(O)=C/c3nc(COCOCC[Si](C)(C)C)cs3)cs2)cs1. The van der Waals surface area contributed by atoms with Crippen molar-refractivity contribution in [2.45, 2.75) is 78.6 Å². The summed E-state index contributed by atoms with van der Waals surface area (Å²) in [6.45, 7) is 17.8. The summed E-state index contributed by atoms with van der Waals surface area (Å²) in [6, 6.07) is 0.814. The van der Waals surface area contributed by atoms with E-state index in [1.165, 1.54) is 34.0 Å². The monoisotopic (exact) mass is 624 g/mol. The maximum atomic E-state index is 12.4. The lowest BCUT2D eigenvalue weighted by atomic mass is 10.1. The summed E-state index contributed by atoms with van der Waals surface area (Å²) in [6.07, 6.45) is 1.13. The first kappa shape index (κ1) is 32.4. The molecule has 3 aromatic heterocycles. The topological polar surface area (TPSA) is 116 Å². The first-order valence-electron chi connectivity index (χ1n) is 13.1. The van der Waals surface area contributed by atoms with E-state index in [1.807, 2.05) is 45.4 Å². The van der Waals surface area contributed by atoms with Crippen molar-refractivity contribution in [3.05, 3.63) is 37.5 Å². The van der Waals surface area contributed by atoms with Crippen LogP contribution in [0.4, 0.5) is 4.79 Å². The van der Waals surface area contributed by atoms with Gasteiger partial charge in [0.15, 0.2) is 0 Å². The lowest BCUT2D eigenvalue weighted by Crippen LogP contribution is -2.36. The van der Waals surface area contributed by atoms with Crippen LogP contribution < -0.4 is 5.32 Å². The predicted molar refractivity (Wildman–Crippen MR) is 167 cm³/mol. The minimum absolute atomic E-state index is 0.0288. The molecule has 3 rings (SSSR count). The lowest BCUT2D eigenvalue weighted by molar-refractivity contribution is -0.0581. The van der Waals surface area contributed by atoms with Crippen molar-refractivity contribution in [3.8, 4) is 10.7 Å². The van der Waals surface area contributed by atoms with E-state index in [1.54, 1.807) is 11.5 Å². The highest BCUT2D eigenvalue weighted by molar-refractivity contribution is 7.14. The van der Waals surface area contributed by atoms with Crippen LogP contribution in [0.2, 0.25) is 25.7 Å². The molecule has 0 bridgehead atoms. The Bertz CT molecular complexity index is 1270. The molecule has 0 aliphatic rings. The average molecular weight is 625 g/mol. The zero-order valence-corrected chi connectivity index (χ0v) is 27.9. The number of hydrogen-bond donors (Lipinski definition) is 2. The average Bonchev–Trinajstić information content (AvgIpc) is 3.58. The van der Waals surface area contributed by atoms with Crippen LogP contribution in [0.25, 0.3) is 22.5 Å². The van der Waals surface area contributed by atoms with Gasteiger partial charge in [0.1, 0.15) is 44.6 Å². The highest BCUT2D eigenvalue weighted by atomic mass is 32.1. The second-order valence-electron chi connectivity index (χ2n) is 11.9. The Kier molecular flexibility index (Phi) is 11.4. The number of carbonyl (C=O) groups is 1. The minimum Gasteiger partial charge on any atom is -0.506 e. The predicted octanol–water partition coefficient (Wildman–Crippen LogP) is 7.83. The first-order valence-corrected chi connectivity index (χ1v) is 19.5. The number of aromatic nitrogens is 3. The number of alkyl carbamates (subject to hydrolysis) is 1. The van der Waals surface area contributed by atoms with Crippen LogP contribution in [0.15, 0.2) is 16.1 Å². The molecule has 3 aromatic rings. The molecular weight excluding hydrogens is 585 g/mol. The zero-order valence-electron chi connectivity index (χ0n) is 24.4. The summed E-state index contributed by atoms with van der Waals surface area (Å²) in [5.74, 6) is 0.141. The second-order valence-corrected chi connectivity index (χ2v) is 20.1. The Balaban J connectivity index is 1.58. The van der Waals surface area contributed by atoms with Gasteiger partial charge in [-0.1, -0.05) is 33.5 Å². The molecule has 40 heavy (non-hydrogen) atoms. The number of amides is 1. The van der Waals surface area contributed by atoms with Crippen molar-refractivity contribution in [1.29, 1.82) is 0 Å². The molecule has 0 radical (unpaired) electrons. The van der Waals surface area contributed by atoms with Crippen LogP contribution in [0.1, 0.15) is 62.1 Å². The summed E-state index contributed by atoms with van der Waals surface area (Å²) >= 11 is 4.27. The van der Waals surface area contributed by atoms with E-state index in [9.17, 15) is 9.90 Å². The number of ether oxygens (including phenoxy) is 3. The molecule has 0 spiro atoms. The molecule has 1 atom stereocenters. The quantitative estimate of drug-likeness (QED) is 0.0856. The van der Waals surface area contributed by atoms with E-state index in [2.05, 4.69) is 34.9 Å². The van der Waals surface area contributed by atoms with Gasteiger partial charge in [0.25, 0.3) is 0 Å². The molecule has 220 valence electrons. The van der Waals surface area contributed by atoms with Crippen molar-refractivity contribution >= 4 is 60.0 Å². The zero-order chi connectivity index (χ0) is 29.5. The third-order valence-electron chi connectivity index (χ3n) is 5.36. The summed E-state index contributed by atoms with van der Waals surface area (Å²) in [5, 5.41) is 21.3. The Hall–Kier alpha value is -2.16. The molecule has 0 saturated heterocycles. The van der Waals surface area contributed by atoms with Gasteiger partial charge in [-0.25, -0.2) is 19.7 Å². The van der Waals surface area contributed by atoms with Crippen LogP contribution >= 0.6 is 34.0 Å². The van der Waals surface area contributed by atoms with E-state index in [0.717, 1.165) is 16.7 Å². The fourth-order valence-electron chi connectivity index (χ4n) is 3.27. The highest BCUT2D eigenvalue weighted by Crippen LogP contribution is 2.32. The molecule has 13 heteroatoms. The largest absolute Gasteiger partial charge is 0.506 e. The van der Waals surface area contributed by atoms with Gasteiger partial charge in [0, 0.05) is 36.9 Å². The summed E-state index contributed by atoms with van der Waals surface area (Å²) in [4.78, 5) is 26.2. The van der Waals surface area contributed by atoms with E-state index in [0.29, 0.717) is 34.6 Å². The molecule has 0 unspecified atom stereocenters. The third-order valence-corrected chi connectivity index (χ3v) is 9.69. The van der Waals surface area contributed by atoms with E-state index in [-0.39, 0.29) is 24.5 Å². The molecule has 1 amide bonds. The number of thiazole rings is 3. The van der Waals surface area contributed by atoms with Crippen LogP contribution in [-0.2, 0) is 20.8 Å². The van der Waals surface area contributed by atoms with E-state index in [4.69, 9.17) is 19.2 Å². The maximum Gasteiger partial charge on any atom is 0.408 e. The standard InChI is InChI=1S/C27H40N4O5S3Si/c1-17(2)23(31-26(33)36-27(3,4)5)25-30-20(15-39-25)24-29-19(14-38-24)21(32)11-22-28-18(13-37-22)12-35-16-34-9-10-40(6,7)8/h11,13-15,17,23,32H,9-10,12,16H2,1-8H3,(H,31,33)/b21-11-/t23-/m1/s1. The third kappa shape index (κ3) is 10.7. The van der Waals surface area contributed by atoms with Crippen molar-refractivity contribution < 1.29 is 24.1 Å². The summed E-state index contributed by atoms with van der Waals surface area (Å²) in [5.41, 5.74) is 1.35. The van der Waals surface area contributed by atoms with Crippen molar-refractivity contribution in [3.63, 3.8) is 0 Å². The minimum atomic E-state index is -1.11. The number of aliphatic hydroxyl groups is 1. The highest BCUT2D eigenvalue weighted by Gasteiger charge is 2.25. The fraction of sp³-hybridized carbons (Fsp3) is 0.556. The molecule has 2 N–H and O–H groups in total. The van der Waals surface area contributed by atoms with Crippen molar-refractivity contribution in [2.24, 2.45) is 5.92 Å². The number of rotatable bonds is 13. The normalized spacial score (nSPS) is 13.6. The van der Waals surface area contributed by atoms with E-state index < -0.39 is 19.8 Å². The molecule has 3 heterocycles. The molecule has 0 saturated carbocycles. The number of carbonyl (C=O) groups excluding carboxylic acids is 1. The van der Waals surface area contributed by atoms with Gasteiger partial charge < -0.3 is 24.6 Å². The Morgan fingerprint density at radius 1 is 1.07 bits per heavy atom. The molecule has 0 aliphatic heterocycles. The maximum absolute atomic E-state index is 12.4. The smallest absolute Gasteiger partial charge is 0.408 e. The lowest BCUT2D eigenvalue weighted by Gasteiger charge is -2.24. The van der Waals surface area contributed by atoms with Gasteiger partial charge in [0.2, 0.25) is 0 Å². The second kappa shape index (κ2) is 14.1. The summed E-state index contributed by atoms with van der Waals surface area (Å²) in [7, 11) is -1.11. The van der Waals surface area contributed by atoms with Crippen LogP contribution in [-0.4, -0.2) is 53.2 Å².